The molecule has 0 spiro atoms. The minimum atomic E-state index is -4.13. The maximum Gasteiger partial charge on any atom is 0.424 e. The Hall–Kier alpha value is -3.86. The molecule has 10 nitrogen and oxygen atoms in total. The fraction of sp³-hybridized carbons (Fsp3) is 0.346. The van der Waals surface area contributed by atoms with Crippen molar-refractivity contribution in [1.29, 1.82) is 0 Å². The Labute approximate surface area is 216 Å². The quantitative estimate of drug-likeness (QED) is 0.360. The summed E-state index contributed by atoms with van der Waals surface area (Å²) in [5, 5.41) is 12.9. The van der Waals surface area contributed by atoms with E-state index >= 15 is 0 Å². The lowest BCUT2D eigenvalue weighted by atomic mass is 10.1. The van der Waals surface area contributed by atoms with Crippen molar-refractivity contribution in [1.82, 2.24) is 0 Å². The highest BCUT2D eigenvalue weighted by atomic mass is 32.2. The van der Waals surface area contributed by atoms with Crippen molar-refractivity contribution in [2.45, 2.75) is 64.6 Å². The van der Waals surface area contributed by atoms with Gasteiger partial charge in [-0.1, -0.05) is 17.7 Å². The molecule has 11 heteroatoms. The number of nitrogens with zero attached hydrogens (tertiary/aromatic N) is 2. The average molecular weight is 530 g/mol. The van der Waals surface area contributed by atoms with Crippen LogP contribution < -0.4 is 14.4 Å². The summed E-state index contributed by atoms with van der Waals surface area (Å²) in [5.74, 6) is 0. The first-order valence-corrected chi connectivity index (χ1v) is 13.0. The minimum absolute atomic E-state index is 0.00439. The Morgan fingerprint density at radius 3 is 1.97 bits per heavy atom. The number of rotatable bonds is 4. The lowest BCUT2D eigenvalue weighted by molar-refractivity contribution is -0.576. The van der Waals surface area contributed by atoms with Gasteiger partial charge in [0.15, 0.2) is 6.20 Å². The largest absolute Gasteiger partial charge is 0.618 e. The van der Waals surface area contributed by atoms with Gasteiger partial charge >= 0.3 is 12.2 Å². The van der Waals surface area contributed by atoms with Gasteiger partial charge < -0.3 is 14.7 Å². The van der Waals surface area contributed by atoms with Gasteiger partial charge in [0.25, 0.3) is 10.0 Å². The summed E-state index contributed by atoms with van der Waals surface area (Å²) in [4.78, 5) is 26.9. The van der Waals surface area contributed by atoms with Gasteiger partial charge in [-0.3, -0.25) is 4.72 Å². The number of aromatic nitrogens is 1. The van der Waals surface area contributed by atoms with Crippen LogP contribution in [0.25, 0.3) is 10.9 Å². The van der Waals surface area contributed by atoms with Crippen LogP contribution in [0.5, 0.6) is 0 Å². The van der Waals surface area contributed by atoms with Gasteiger partial charge in [0, 0.05) is 6.07 Å². The number of sulfonamides is 1. The van der Waals surface area contributed by atoms with Gasteiger partial charge in [0.2, 0.25) is 5.52 Å². The van der Waals surface area contributed by atoms with Crippen molar-refractivity contribution in [3.05, 3.63) is 65.5 Å². The van der Waals surface area contributed by atoms with Gasteiger partial charge in [-0.05, 0) is 78.8 Å². The smallest absolute Gasteiger partial charge is 0.424 e. The van der Waals surface area contributed by atoms with Crippen LogP contribution in [0.2, 0.25) is 0 Å². The van der Waals surface area contributed by atoms with Gasteiger partial charge in [0.05, 0.1) is 16.0 Å². The second kappa shape index (κ2) is 9.89. The van der Waals surface area contributed by atoms with Crippen molar-refractivity contribution >= 4 is 44.5 Å². The monoisotopic (exact) mass is 529 g/mol. The molecule has 2 amide bonds. The SMILES string of the molecule is Cc1ccc(S(=O)(=O)Nc2cc(N(C(=O)OC(C)(C)C)C(=O)OC(C)(C)C)cc3ccc[n+]([O-])c23)cc1. The zero-order valence-corrected chi connectivity index (χ0v) is 22.7. The van der Waals surface area contributed by atoms with Crippen LogP contribution in [0.15, 0.2) is 59.6 Å². The number of carbonyl (C=O) groups excluding carboxylic acids is 2. The van der Waals surface area contributed by atoms with E-state index in [1.54, 1.807) is 59.7 Å². The Morgan fingerprint density at radius 1 is 0.919 bits per heavy atom. The highest BCUT2D eigenvalue weighted by Crippen LogP contribution is 2.32. The Kier molecular flexibility index (Phi) is 7.41. The molecular weight excluding hydrogens is 498 g/mol. The fourth-order valence-electron chi connectivity index (χ4n) is 3.34. The first-order valence-electron chi connectivity index (χ1n) is 11.5. The molecule has 3 aromatic rings. The van der Waals surface area contributed by atoms with E-state index in [4.69, 9.17) is 9.47 Å². The molecule has 0 aliphatic rings. The van der Waals surface area contributed by atoms with Gasteiger partial charge in [-0.25, -0.2) is 18.0 Å². The van der Waals surface area contributed by atoms with Crippen LogP contribution >= 0.6 is 0 Å². The molecule has 3 rings (SSSR count). The molecule has 1 heterocycles. The average Bonchev–Trinajstić information content (AvgIpc) is 2.71. The first-order chi connectivity index (χ1) is 17.0. The molecule has 1 N–H and O–H groups in total. The fourth-order valence-corrected chi connectivity index (χ4v) is 4.40. The van der Waals surface area contributed by atoms with E-state index in [0.29, 0.717) is 9.63 Å². The number of hydrogen-bond acceptors (Lipinski definition) is 7. The Morgan fingerprint density at radius 2 is 1.46 bits per heavy atom. The van der Waals surface area contributed by atoms with E-state index in [9.17, 15) is 23.2 Å². The van der Waals surface area contributed by atoms with Crippen molar-refractivity contribution in [2.75, 3.05) is 9.62 Å². The molecule has 1 aromatic heterocycles. The molecule has 0 radical (unpaired) electrons. The number of anilines is 2. The van der Waals surface area contributed by atoms with E-state index in [0.717, 1.165) is 5.56 Å². The molecule has 0 fully saturated rings. The van der Waals surface area contributed by atoms with Crippen molar-refractivity contribution in [2.24, 2.45) is 0 Å². The van der Waals surface area contributed by atoms with Crippen LogP contribution in [-0.2, 0) is 19.5 Å². The number of benzene rings is 2. The second-order valence-corrected chi connectivity index (χ2v) is 12.2. The second-order valence-electron chi connectivity index (χ2n) is 10.5. The number of nitrogens with one attached hydrogen (secondary N) is 1. The summed E-state index contributed by atoms with van der Waals surface area (Å²) in [7, 11) is -4.13. The van der Waals surface area contributed by atoms with Crippen molar-refractivity contribution < 1.29 is 32.2 Å². The van der Waals surface area contributed by atoms with Crippen molar-refractivity contribution in [3.8, 4) is 0 Å². The van der Waals surface area contributed by atoms with Crippen LogP contribution in [0.4, 0.5) is 21.0 Å². The topological polar surface area (TPSA) is 129 Å². The number of amides is 2. The Balaban J connectivity index is 2.21. The lowest BCUT2D eigenvalue weighted by Gasteiger charge is -2.29. The molecule has 0 aliphatic carbocycles. The summed E-state index contributed by atoms with van der Waals surface area (Å²) in [6.07, 6.45) is -0.843. The van der Waals surface area contributed by atoms with E-state index in [-0.39, 0.29) is 27.2 Å². The molecule has 0 unspecified atom stereocenters. The maximum absolute atomic E-state index is 13.2. The summed E-state index contributed by atoms with van der Waals surface area (Å²) in [6.45, 7) is 11.7. The molecule has 0 atom stereocenters. The third-order valence-corrected chi connectivity index (χ3v) is 6.21. The molecule has 0 saturated heterocycles. The van der Waals surface area contributed by atoms with E-state index < -0.39 is 33.4 Å². The molecular formula is C26H31N3O7S. The van der Waals surface area contributed by atoms with E-state index in [2.05, 4.69) is 4.72 Å². The zero-order valence-electron chi connectivity index (χ0n) is 21.9. The summed E-state index contributed by atoms with van der Waals surface area (Å²) >= 11 is 0. The summed E-state index contributed by atoms with van der Waals surface area (Å²) < 4.78 is 40.1. The van der Waals surface area contributed by atoms with Gasteiger partial charge in [-0.2, -0.15) is 9.63 Å². The van der Waals surface area contributed by atoms with Crippen LogP contribution in [-0.4, -0.2) is 31.8 Å². The molecule has 2 aromatic carbocycles. The number of ether oxygens (including phenoxy) is 2. The van der Waals surface area contributed by atoms with Gasteiger partial charge in [-0.15, -0.1) is 0 Å². The summed E-state index contributed by atoms with van der Waals surface area (Å²) in [6, 6.07) is 11.8. The van der Waals surface area contributed by atoms with Crippen LogP contribution in [0, 0.1) is 12.1 Å². The molecule has 0 saturated carbocycles. The normalized spacial score (nSPS) is 12.2. The standard InChI is InChI=1S/C26H31N3O7S/c1-17-10-12-20(13-11-17)37(33,34)27-21-16-19(15-18-9-8-14-28(32)22(18)21)29(23(30)35-25(2,3)4)24(31)36-26(5,6)7/h8-16,27H,1-7H3. The predicted molar refractivity (Wildman–Crippen MR) is 140 cm³/mol. The molecule has 198 valence electrons. The molecule has 37 heavy (non-hydrogen) atoms. The number of fused-ring (bicyclic) bond motifs is 1. The highest BCUT2D eigenvalue weighted by Gasteiger charge is 2.34. The number of pyridine rings is 1. The number of imide groups is 1. The summed E-state index contributed by atoms with van der Waals surface area (Å²) in [5.41, 5.74) is -1.21. The number of carbonyl (C=O) groups is 2. The molecule has 0 bridgehead atoms. The zero-order chi connectivity index (χ0) is 27.8. The molecule has 0 aliphatic heterocycles. The third kappa shape index (κ3) is 6.88. The first kappa shape index (κ1) is 27.7. The van der Waals surface area contributed by atoms with Crippen LogP contribution in [0.1, 0.15) is 47.1 Å². The lowest BCUT2D eigenvalue weighted by Crippen LogP contribution is -2.44. The number of aryl methyl sites for hydroxylation is 1. The number of hydrogen-bond donors (Lipinski definition) is 1. The van der Waals surface area contributed by atoms with Crippen LogP contribution in [0.3, 0.4) is 0 Å². The van der Waals surface area contributed by atoms with Crippen molar-refractivity contribution in [3.63, 3.8) is 0 Å². The third-order valence-electron chi connectivity index (χ3n) is 4.83. The van der Waals surface area contributed by atoms with E-state index in [1.807, 2.05) is 6.92 Å². The van der Waals surface area contributed by atoms with Gasteiger partial charge in [0.1, 0.15) is 16.9 Å². The predicted octanol–water partition coefficient (Wildman–Crippen LogP) is 5.26. The highest BCUT2D eigenvalue weighted by molar-refractivity contribution is 7.92. The van der Waals surface area contributed by atoms with E-state index in [1.165, 1.54) is 36.5 Å². The maximum atomic E-state index is 13.2. The Bertz CT molecular complexity index is 1410. The minimum Gasteiger partial charge on any atom is -0.618 e.